The van der Waals surface area contributed by atoms with E-state index in [1.54, 1.807) is 0 Å². The maximum atomic E-state index is 12.4. The molecule has 1 aromatic rings. The summed E-state index contributed by atoms with van der Waals surface area (Å²) in [7, 11) is 0. The summed E-state index contributed by atoms with van der Waals surface area (Å²) in [6.45, 7) is 8.66. The molecule has 1 fully saturated rings. The molecule has 4 heteroatoms. The Hall–Kier alpha value is -1.39. The van der Waals surface area contributed by atoms with E-state index in [1.165, 1.54) is 0 Å². The molecule has 1 heterocycles. The van der Waals surface area contributed by atoms with E-state index in [9.17, 15) is 4.79 Å². The first kappa shape index (κ1) is 15.0. The van der Waals surface area contributed by atoms with Gasteiger partial charge in [-0.15, -0.1) is 0 Å². The minimum atomic E-state index is 0.156. The lowest BCUT2D eigenvalue weighted by Gasteiger charge is -2.26. The minimum Gasteiger partial charge on any atom is -0.493 e. The van der Waals surface area contributed by atoms with E-state index < -0.39 is 0 Å². The normalized spacial score (nSPS) is 16.1. The third-order valence-corrected chi connectivity index (χ3v) is 3.49. The molecule has 0 amide bonds. The van der Waals surface area contributed by atoms with E-state index in [0.29, 0.717) is 24.3 Å². The summed E-state index contributed by atoms with van der Waals surface area (Å²) in [6.07, 6.45) is 0.531. The Morgan fingerprint density at radius 1 is 1.35 bits per heavy atom. The zero-order chi connectivity index (χ0) is 14.4. The molecule has 20 heavy (non-hydrogen) atoms. The summed E-state index contributed by atoms with van der Waals surface area (Å²) in [6, 6.07) is 5.79. The van der Waals surface area contributed by atoms with Crippen LogP contribution in [-0.2, 0) is 4.74 Å². The van der Waals surface area contributed by atoms with Crippen molar-refractivity contribution in [1.82, 2.24) is 4.90 Å². The molecule has 2 rings (SSSR count). The third-order valence-electron chi connectivity index (χ3n) is 3.49. The number of benzene rings is 1. The van der Waals surface area contributed by atoms with Crippen LogP contribution in [0.1, 0.15) is 29.3 Å². The van der Waals surface area contributed by atoms with Gasteiger partial charge in [0, 0.05) is 26.1 Å². The summed E-state index contributed by atoms with van der Waals surface area (Å²) in [4.78, 5) is 14.7. The smallest absolute Gasteiger partial charge is 0.167 e. The fraction of sp³-hybridized carbons (Fsp3) is 0.562. The van der Waals surface area contributed by atoms with Gasteiger partial charge in [-0.25, -0.2) is 0 Å². The number of aryl methyl sites for hydroxylation is 1. The second-order valence-corrected chi connectivity index (χ2v) is 5.06. The largest absolute Gasteiger partial charge is 0.493 e. The van der Waals surface area contributed by atoms with Gasteiger partial charge < -0.3 is 9.47 Å². The number of rotatable bonds is 6. The van der Waals surface area contributed by atoms with Gasteiger partial charge >= 0.3 is 0 Å². The lowest BCUT2D eigenvalue weighted by atomic mass is 10.0. The summed E-state index contributed by atoms with van der Waals surface area (Å²) in [5.41, 5.74) is 1.79. The van der Waals surface area contributed by atoms with Crippen LogP contribution in [0.15, 0.2) is 18.2 Å². The first-order valence-electron chi connectivity index (χ1n) is 7.27. The van der Waals surface area contributed by atoms with Gasteiger partial charge in [0.05, 0.1) is 25.4 Å². The molecule has 0 N–H and O–H groups in total. The Balaban J connectivity index is 1.98. The van der Waals surface area contributed by atoms with Gasteiger partial charge in [0.15, 0.2) is 5.78 Å². The molecule has 0 unspecified atom stereocenters. The number of carbonyl (C=O) groups is 1. The molecule has 1 aliphatic heterocycles. The van der Waals surface area contributed by atoms with Crippen LogP contribution in [0, 0.1) is 6.92 Å². The monoisotopic (exact) mass is 277 g/mol. The van der Waals surface area contributed by atoms with Gasteiger partial charge in [0.25, 0.3) is 0 Å². The second kappa shape index (κ2) is 7.41. The Morgan fingerprint density at radius 3 is 2.80 bits per heavy atom. The standard InChI is InChI=1S/C16H23NO3/c1-3-20-16-5-4-13(2)12-14(16)15(18)6-7-17-8-10-19-11-9-17/h4-5,12H,3,6-11H2,1-2H3. The first-order valence-corrected chi connectivity index (χ1v) is 7.27. The lowest BCUT2D eigenvalue weighted by Crippen LogP contribution is -2.37. The highest BCUT2D eigenvalue weighted by Gasteiger charge is 2.16. The Kier molecular flexibility index (Phi) is 5.56. The van der Waals surface area contributed by atoms with Crippen molar-refractivity contribution in [2.75, 3.05) is 39.5 Å². The van der Waals surface area contributed by atoms with Crippen molar-refractivity contribution >= 4 is 5.78 Å². The fourth-order valence-corrected chi connectivity index (χ4v) is 2.36. The Bertz CT molecular complexity index is 453. The van der Waals surface area contributed by atoms with Crippen molar-refractivity contribution in [3.05, 3.63) is 29.3 Å². The summed E-state index contributed by atoms with van der Waals surface area (Å²) >= 11 is 0. The molecule has 0 spiro atoms. The third kappa shape index (κ3) is 4.05. The molecule has 1 aromatic carbocycles. The van der Waals surface area contributed by atoms with Gasteiger partial charge in [0.2, 0.25) is 0 Å². The number of ketones is 1. The number of Topliss-reactive ketones (excluding diaryl/α,β-unsaturated/α-hetero) is 1. The van der Waals surface area contributed by atoms with Gasteiger partial charge in [-0.1, -0.05) is 11.6 Å². The van der Waals surface area contributed by atoms with E-state index >= 15 is 0 Å². The van der Waals surface area contributed by atoms with Crippen molar-refractivity contribution in [2.24, 2.45) is 0 Å². The molecule has 1 saturated heterocycles. The van der Waals surface area contributed by atoms with Crippen molar-refractivity contribution in [3.8, 4) is 5.75 Å². The van der Waals surface area contributed by atoms with E-state index in [0.717, 1.165) is 38.4 Å². The molecule has 0 aromatic heterocycles. The number of hydrogen-bond acceptors (Lipinski definition) is 4. The summed E-state index contributed by atoms with van der Waals surface area (Å²) in [5, 5.41) is 0. The minimum absolute atomic E-state index is 0.156. The highest BCUT2D eigenvalue weighted by molar-refractivity contribution is 5.99. The molecule has 1 aliphatic rings. The van der Waals surface area contributed by atoms with E-state index in [1.807, 2.05) is 32.0 Å². The van der Waals surface area contributed by atoms with Crippen molar-refractivity contribution in [2.45, 2.75) is 20.3 Å². The van der Waals surface area contributed by atoms with Gasteiger partial charge in [-0.05, 0) is 26.0 Å². The molecule has 0 atom stereocenters. The van der Waals surface area contributed by atoms with Crippen molar-refractivity contribution in [1.29, 1.82) is 0 Å². The molecular formula is C16H23NO3. The molecular weight excluding hydrogens is 254 g/mol. The highest BCUT2D eigenvalue weighted by atomic mass is 16.5. The maximum absolute atomic E-state index is 12.4. The predicted molar refractivity (Wildman–Crippen MR) is 78.6 cm³/mol. The summed E-state index contributed by atoms with van der Waals surface area (Å²) < 4.78 is 10.9. The lowest BCUT2D eigenvalue weighted by molar-refractivity contribution is 0.0370. The molecule has 0 saturated carbocycles. The number of hydrogen-bond donors (Lipinski definition) is 0. The second-order valence-electron chi connectivity index (χ2n) is 5.06. The van der Waals surface area contributed by atoms with Crippen LogP contribution in [0.5, 0.6) is 5.75 Å². The average molecular weight is 277 g/mol. The molecule has 4 nitrogen and oxygen atoms in total. The number of nitrogens with zero attached hydrogens (tertiary/aromatic N) is 1. The first-order chi connectivity index (χ1) is 9.70. The van der Waals surface area contributed by atoms with E-state index in [4.69, 9.17) is 9.47 Å². The van der Waals surface area contributed by atoms with Gasteiger partial charge in [0.1, 0.15) is 5.75 Å². The van der Waals surface area contributed by atoms with E-state index in [2.05, 4.69) is 4.90 Å². The van der Waals surface area contributed by atoms with Crippen molar-refractivity contribution < 1.29 is 14.3 Å². The van der Waals surface area contributed by atoms with Crippen LogP contribution >= 0.6 is 0 Å². The Labute approximate surface area is 120 Å². The van der Waals surface area contributed by atoms with Crippen LogP contribution in [0.3, 0.4) is 0 Å². The zero-order valence-electron chi connectivity index (χ0n) is 12.4. The molecule has 110 valence electrons. The molecule has 0 bridgehead atoms. The van der Waals surface area contributed by atoms with Crippen LogP contribution in [-0.4, -0.2) is 50.1 Å². The van der Waals surface area contributed by atoms with Crippen LogP contribution in [0.25, 0.3) is 0 Å². The zero-order valence-corrected chi connectivity index (χ0v) is 12.4. The van der Waals surface area contributed by atoms with Crippen LogP contribution in [0.2, 0.25) is 0 Å². The van der Waals surface area contributed by atoms with E-state index in [-0.39, 0.29) is 5.78 Å². The van der Waals surface area contributed by atoms with Crippen LogP contribution in [0.4, 0.5) is 0 Å². The predicted octanol–water partition coefficient (Wildman–Crippen LogP) is 2.30. The Morgan fingerprint density at radius 2 is 2.10 bits per heavy atom. The number of carbonyl (C=O) groups excluding carboxylic acids is 1. The van der Waals surface area contributed by atoms with Crippen molar-refractivity contribution in [3.63, 3.8) is 0 Å². The average Bonchev–Trinajstić information content (AvgIpc) is 2.48. The molecule has 0 radical (unpaired) electrons. The van der Waals surface area contributed by atoms with Crippen LogP contribution < -0.4 is 4.74 Å². The fourth-order valence-electron chi connectivity index (χ4n) is 2.36. The maximum Gasteiger partial charge on any atom is 0.167 e. The SMILES string of the molecule is CCOc1ccc(C)cc1C(=O)CCN1CCOCC1. The topological polar surface area (TPSA) is 38.8 Å². The van der Waals surface area contributed by atoms with Gasteiger partial charge in [-0.2, -0.15) is 0 Å². The summed E-state index contributed by atoms with van der Waals surface area (Å²) in [5.74, 6) is 0.855. The number of morpholine rings is 1. The quantitative estimate of drug-likeness (QED) is 0.748. The number of ether oxygens (including phenoxy) is 2. The molecule has 0 aliphatic carbocycles. The van der Waals surface area contributed by atoms with Gasteiger partial charge in [-0.3, -0.25) is 9.69 Å². The highest BCUT2D eigenvalue weighted by Crippen LogP contribution is 2.22.